The van der Waals surface area contributed by atoms with Crippen molar-refractivity contribution in [2.45, 2.75) is 6.42 Å². The van der Waals surface area contributed by atoms with Gasteiger partial charge in [-0.05, 0) is 18.6 Å². The summed E-state index contributed by atoms with van der Waals surface area (Å²) in [6.45, 7) is 0.574. The quantitative estimate of drug-likeness (QED) is 0.559. The van der Waals surface area contributed by atoms with Gasteiger partial charge in [-0.1, -0.05) is 30.3 Å². The van der Waals surface area contributed by atoms with E-state index < -0.39 is 11.6 Å². The first-order chi connectivity index (χ1) is 12.7. The summed E-state index contributed by atoms with van der Waals surface area (Å²) in [6.07, 6.45) is 0.560. The zero-order chi connectivity index (χ0) is 18.4. The van der Waals surface area contributed by atoms with Crippen LogP contribution >= 0.6 is 0 Å². The Kier molecular flexibility index (Phi) is 5.70. The molecule has 1 aromatic heterocycles. The molecule has 134 valence electrons. The zero-order valence-electron chi connectivity index (χ0n) is 13.9. The van der Waals surface area contributed by atoms with Crippen LogP contribution in [-0.2, 0) is 0 Å². The molecule has 0 amide bonds. The summed E-state index contributed by atoms with van der Waals surface area (Å²) >= 11 is 0. The Morgan fingerprint density at radius 3 is 2.46 bits per heavy atom. The first-order valence-electron chi connectivity index (χ1n) is 8.17. The molecular formula is C19H18F2N4O. The Morgan fingerprint density at radius 2 is 1.73 bits per heavy atom. The lowest BCUT2D eigenvalue weighted by Crippen LogP contribution is -2.08. The summed E-state index contributed by atoms with van der Waals surface area (Å²) in [7, 11) is 0. The smallest absolute Gasteiger partial charge is 0.225 e. The Balaban J connectivity index is 1.91. The van der Waals surface area contributed by atoms with E-state index in [1.165, 1.54) is 6.07 Å². The van der Waals surface area contributed by atoms with Crippen molar-refractivity contribution >= 4 is 17.5 Å². The van der Waals surface area contributed by atoms with Gasteiger partial charge >= 0.3 is 0 Å². The Morgan fingerprint density at radius 1 is 0.923 bits per heavy atom. The third kappa shape index (κ3) is 4.52. The molecule has 3 rings (SSSR count). The highest BCUT2D eigenvalue weighted by Gasteiger charge is 2.08. The maximum absolute atomic E-state index is 13.4. The minimum Gasteiger partial charge on any atom is -0.396 e. The van der Waals surface area contributed by atoms with Crippen LogP contribution in [0.5, 0.6) is 0 Å². The maximum Gasteiger partial charge on any atom is 0.225 e. The summed E-state index contributed by atoms with van der Waals surface area (Å²) in [5, 5.41) is 14.9. The van der Waals surface area contributed by atoms with Crippen molar-refractivity contribution in [2.75, 3.05) is 23.8 Å². The minimum absolute atomic E-state index is 0.0609. The van der Waals surface area contributed by atoms with Crippen LogP contribution in [0.4, 0.5) is 26.2 Å². The lowest BCUT2D eigenvalue weighted by atomic mass is 10.1. The molecule has 2 aromatic carbocycles. The normalized spacial score (nSPS) is 10.6. The van der Waals surface area contributed by atoms with E-state index in [0.29, 0.717) is 36.1 Å². The van der Waals surface area contributed by atoms with Crippen LogP contribution < -0.4 is 10.6 Å². The molecule has 26 heavy (non-hydrogen) atoms. The number of nitrogens with one attached hydrogen (secondary N) is 2. The third-order valence-corrected chi connectivity index (χ3v) is 3.61. The van der Waals surface area contributed by atoms with Crippen molar-refractivity contribution < 1.29 is 13.9 Å². The Bertz CT molecular complexity index is 875. The molecule has 3 N–H and O–H groups in total. The van der Waals surface area contributed by atoms with Gasteiger partial charge in [-0.25, -0.2) is 13.8 Å². The second-order valence-electron chi connectivity index (χ2n) is 5.59. The average molecular weight is 356 g/mol. The SMILES string of the molecule is OCCCNc1nc(Nc2ccc(F)c(F)c2)cc(-c2ccccc2)n1. The number of nitrogens with zero attached hydrogens (tertiary/aromatic N) is 2. The number of halogens is 2. The molecule has 5 nitrogen and oxygen atoms in total. The van der Waals surface area contributed by atoms with Crippen LogP contribution in [0.2, 0.25) is 0 Å². The van der Waals surface area contributed by atoms with E-state index in [0.717, 1.165) is 17.7 Å². The van der Waals surface area contributed by atoms with E-state index in [2.05, 4.69) is 20.6 Å². The number of hydrogen-bond acceptors (Lipinski definition) is 5. The van der Waals surface area contributed by atoms with Gasteiger partial charge < -0.3 is 15.7 Å². The lowest BCUT2D eigenvalue weighted by Gasteiger charge is -2.11. The lowest BCUT2D eigenvalue weighted by molar-refractivity contribution is 0.292. The molecule has 0 saturated carbocycles. The van der Waals surface area contributed by atoms with E-state index in [1.807, 2.05) is 30.3 Å². The number of aliphatic hydroxyl groups is 1. The molecule has 0 saturated heterocycles. The molecule has 0 radical (unpaired) electrons. The second-order valence-corrected chi connectivity index (χ2v) is 5.59. The highest BCUT2D eigenvalue weighted by atomic mass is 19.2. The topological polar surface area (TPSA) is 70.1 Å². The van der Waals surface area contributed by atoms with Gasteiger partial charge in [0.1, 0.15) is 5.82 Å². The van der Waals surface area contributed by atoms with Gasteiger partial charge in [0, 0.05) is 36.5 Å². The summed E-state index contributed by atoms with van der Waals surface area (Å²) in [5.74, 6) is -1.02. The van der Waals surface area contributed by atoms with Crippen molar-refractivity contribution in [3.63, 3.8) is 0 Å². The van der Waals surface area contributed by atoms with E-state index in [9.17, 15) is 8.78 Å². The molecule has 0 unspecified atom stereocenters. The second kappa shape index (κ2) is 8.35. The van der Waals surface area contributed by atoms with Crippen LogP contribution in [-0.4, -0.2) is 28.2 Å². The van der Waals surface area contributed by atoms with E-state index in [-0.39, 0.29) is 6.61 Å². The van der Waals surface area contributed by atoms with Crippen molar-refractivity contribution in [2.24, 2.45) is 0 Å². The molecule has 0 bridgehead atoms. The first-order valence-corrected chi connectivity index (χ1v) is 8.17. The first kappa shape index (κ1) is 17.8. The number of aliphatic hydroxyl groups excluding tert-OH is 1. The fourth-order valence-electron chi connectivity index (χ4n) is 2.35. The molecule has 0 spiro atoms. The summed E-state index contributed by atoms with van der Waals surface area (Å²) in [6, 6.07) is 14.8. The van der Waals surface area contributed by atoms with Crippen LogP contribution in [0.1, 0.15) is 6.42 Å². The van der Waals surface area contributed by atoms with Gasteiger partial charge in [0.05, 0.1) is 5.69 Å². The predicted octanol–water partition coefficient (Wildman–Crippen LogP) is 3.96. The highest BCUT2D eigenvalue weighted by Crippen LogP contribution is 2.24. The van der Waals surface area contributed by atoms with Gasteiger partial charge in [0.2, 0.25) is 5.95 Å². The van der Waals surface area contributed by atoms with E-state index in [4.69, 9.17) is 5.11 Å². The summed E-state index contributed by atoms with van der Waals surface area (Å²) in [5.41, 5.74) is 1.95. The largest absolute Gasteiger partial charge is 0.396 e. The van der Waals surface area contributed by atoms with Gasteiger partial charge in [0.25, 0.3) is 0 Å². The van der Waals surface area contributed by atoms with Crippen molar-refractivity contribution in [1.82, 2.24) is 9.97 Å². The molecule has 1 heterocycles. The molecular weight excluding hydrogens is 338 g/mol. The Labute approximate surface area is 149 Å². The molecule has 0 atom stereocenters. The molecule has 0 aliphatic heterocycles. The Hall–Kier alpha value is -3.06. The van der Waals surface area contributed by atoms with Crippen LogP contribution in [0.15, 0.2) is 54.6 Å². The fourth-order valence-corrected chi connectivity index (χ4v) is 2.35. The number of rotatable bonds is 7. The molecule has 0 aliphatic rings. The van der Waals surface area contributed by atoms with E-state index in [1.54, 1.807) is 6.07 Å². The minimum atomic E-state index is -0.936. The van der Waals surface area contributed by atoms with Gasteiger partial charge in [-0.3, -0.25) is 0 Å². The number of benzene rings is 2. The van der Waals surface area contributed by atoms with Crippen LogP contribution in [0.25, 0.3) is 11.3 Å². The van der Waals surface area contributed by atoms with Crippen molar-refractivity contribution in [1.29, 1.82) is 0 Å². The van der Waals surface area contributed by atoms with Crippen molar-refractivity contribution in [3.8, 4) is 11.3 Å². The molecule has 3 aromatic rings. The summed E-state index contributed by atoms with van der Waals surface area (Å²) < 4.78 is 26.5. The van der Waals surface area contributed by atoms with Gasteiger partial charge in [0.15, 0.2) is 11.6 Å². The fraction of sp³-hybridized carbons (Fsp3) is 0.158. The van der Waals surface area contributed by atoms with E-state index >= 15 is 0 Å². The van der Waals surface area contributed by atoms with Crippen molar-refractivity contribution in [3.05, 3.63) is 66.2 Å². The zero-order valence-corrected chi connectivity index (χ0v) is 13.9. The predicted molar refractivity (Wildman–Crippen MR) is 97.3 cm³/mol. The third-order valence-electron chi connectivity index (χ3n) is 3.61. The van der Waals surface area contributed by atoms with Crippen LogP contribution in [0.3, 0.4) is 0 Å². The number of aromatic nitrogens is 2. The monoisotopic (exact) mass is 356 g/mol. The van der Waals surface area contributed by atoms with Gasteiger partial charge in [-0.2, -0.15) is 4.98 Å². The highest BCUT2D eigenvalue weighted by molar-refractivity contribution is 5.67. The average Bonchev–Trinajstić information content (AvgIpc) is 2.66. The molecule has 0 fully saturated rings. The van der Waals surface area contributed by atoms with Crippen LogP contribution in [0, 0.1) is 11.6 Å². The number of anilines is 3. The summed E-state index contributed by atoms with van der Waals surface area (Å²) in [4.78, 5) is 8.82. The molecule has 7 heteroatoms. The number of hydrogen-bond donors (Lipinski definition) is 3. The standard InChI is InChI=1S/C19H18F2N4O/c20-15-8-7-14(11-16(15)21)23-18-12-17(13-5-2-1-3-6-13)24-19(25-18)22-9-4-10-26/h1-3,5-8,11-12,26H,4,9-10H2,(H2,22,23,24,25). The van der Waals surface area contributed by atoms with Gasteiger partial charge in [-0.15, -0.1) is 0 Å². The molecule has 0 aliphatic carbocycles. The maximum atomic E-state index is 13.4.